The molecule has 1 unspecified atom stereocenters. The summed E-state index contributed by atoms with van der Waals surface area (Å²) >= 11 is 0. The quantitative estimate of drug-likeness (QED) is 0.666. The standard InChI is InChI=1S/C24H29N/c1-15-11-18(4)24(19(5)12-15)25-14-21-9-7-8-10-22(21)23-17(3)13-16(2)20(23)6/h7-13,17,25H,14H2,1-6H3. The van der Waals surface area contributed by atoms with E-state index in [4.69, 9.17) is 0 Å². The average molecular weight is 332 g/mol. The number of rotatable bonds is 4. The zero-order valence-corrected chi connectivity index (χ0v) is 16.3. The molecule has 2 aromatic rings. The van der Waals surface area contributed by atoms with Crippen molar-refractivity contribution in [3.63, 3.8) is 0 Å². The molecule has 25 heavy (non-hydrogen) atoms. The zero-order valence-electron chi connectivity index (χ0n) is 16.3. The van der Waals surface area contributed by atoms with E-state index < -0.39 is 0 Å². The van der Waals surface area contributed by atoms with E-state index in [1.54, 1.807) is 0 Å². The smallest absolute Gasteiger partial charge is 0.0407 e. The predicted octanol–water partition coefficient (Wildman–Crippen LogP) is 6.59. The number of anilines is 1. The summed E-state index contributed by atoms with van der Waals surface area (Å²) in [6.45, 7) is 14.2. The molecule has 1 atom stereocenters. The molecule has 3 rings (SSSR count). The number of hydrogen-bond donors (Lipinski definition) is 1. The lowest BCUT2D eigenvalue weighted by atomic mass is 9.90. The first-order valence-electron chi connectivity index (χ1n) is 9.18. The monoisotopic (exact) mass is 331 g/mol. The topological polar surface area (TPSA) is 12.0 Å². The second-order valence-corrected chi connectivity index (χ2v) is 7.46. The summed E-state index contributed by atoms with van der Waals surface area (Å²) in [4.78, 5) is 0. The van der Waals surface area contributed by atoms with Gasteiger partial charge in [0.25, 0.3) is 0 Å². The summed E-state index contributed by atoms with van der Waals surface area (Å²) in [6, 6.07) is 13.3. The first kappa shape index (κ1) is 17.5. The van der Waals surface area contributed by atoms with Gasteiger partial charge in [0.1, 0.15) is 0 Å². The van der Waals surface area contributed by atoms with Crippen LogP contribution in [0.25, 0.3) is 5.57 Å². The summed E-state index contributed by atoms with van der Waals surface area (Å²) < 4.78 is 0. The lowest BCUT2D eigenvalue weighted by molar-refractivity contribution is 0.967. The van der Waals surface area contributed by atoms with Crippen LogP contribution in [0.4, 0.5) is 5.69 Å². The molecule has 0 saturated heterocycles. The maximum atomic E-state index is 3.69. The molecule has 0 amide bonds. The van der Waals surface area contributed by atoms with Crippen LogP contribution in [0.3, 0.4) is 0 Å². The van der Waals surface area contributed by atoms with E-state index in [-0.39, 0.29) is 0 Å². The third kappa shape index (κ3) is 3.42. The van der Waals surface area contributed by atoms with Gasteiger partial charge in [-0.3, -0.25) is 0 Å². The van der Waals surface area contributed by atoms with Crippen molar-refractivity contribution in [2.45, 2.75) is 48.1 Å². The Bertz CT molecular complexity index is 844. The van der Waals surface area contributed by atoms with E-state index in [0.717, 1.165) is 6.54 Å². The summed E-state index contributed by atoms with van der Waals surface area (Å²) in [5.74, 6) is 0.490. The van der Waals surface area contributed by atoms with E-state index in [1.807, 2.05) is 0 Å². The van der Waals surface area contributed by atoms with Crippen LogP contribution < -0.4 is 5.32 Å². The molecule has 1 aliphatic carbocycles. The van der Waals surface area contributed by atoms with Crippen LogP contribution in [0.5, 0.6) is 0 Å². The first-order chi connectivity index (χ1) is 11.9. The maximum Gasteiger partial charge on any atom is 0.0407 e. The van der Waals surface area contributed by atoms with Crippen molar-refractivity contribution in [2.75, 3.05) is 5.32 Å². The minimum Gasteiger partial charge on any atom is -0.381 e. The molecule has 0 aliphatic heterocycles. The van der Waals surface area contributed by atoms with Gasteiger partial charge in [-0.15, -0.1) is 0 Å². The normalized spacial score (nSPS) is 17.0. The van der Waals surface area contributed by atoms with Crippen LogP contribution >= 0.6 is 0 Å². The van der Waals surface area contributed by atoms with Crippen LogP contribution in [0.1, 0.15) is 48.6 Å². The molecule has 0 radical (unpaired) electrons. The van der Waals surface area contributed by atoms with Gasteiger partial charge in [-0.2, -0.15) is 0 Å². The Morgan fingerprint density at radius 1 is 0.920 bits per heavy atom. The average Bonchev–Trinajstić information content (AvgIpc) is 2.79. The van der Waals surface area contributed by atoms with Crippen LogP contribution in [-0.2, 0) is 6.54 Å². The Hall–Kier alpha value is -2.28. The molecule has 1 aliphatic rings. The second kappa shape index (κ2) is 6.92. The van der Waals surface area contributed by atoms with Gasteiger partial charge in [0.05, 0.1) is 0 Å². The highest BCUT2D eigenvalue weighted by Crippen LogP contribution is 2.39. The van der Waals surface area contributed by atoms with E-state index in [2.05, 4.69) is 89.3 Å². The fourth-order valence-electron chi connectivity index (χ4n) is 4.16. The Morgan fingerprint density at radius 2 is 1.56 bits per heavy atom. The molecule has 1 N–H and O–H groups in total. The molecule has 1 nitrogen and oxygen atoms in total. The molecular formula is C24H29N. The largest absolute Gasteiger partial charge is 0.381 e. The number of hydrogen-bond acceptors (Lipinski definition) is 1. The van der Waals surface area contributed by atoms with Crippen molar-refractivity contribution in [2.24, 2.45) is 5.92 Å². The lowest BCUT2D eigenvalue weighted by Gasteiger charge is -2.18. The Morgan fingerprint density at radius 3 is 2.16 bits per heavy atom. The van der Waals surface area contributed by atoms with E-state index in [1.165, 1.54) is 50.2 Å². The van der Waals surface area contributed by atoms with Crippen molar-refractivity contribution in [3.8, 4) is 0 Å². The fourth-order valence-corrected chi connectivity index (χ4v) is 4.16. The summed E-state index contributed by atoms with van der Waals surface area (Å²) in [7, 11) is 0. The molecular weight excluding hydrogens is 302 g/mol. The Kier molecular flexibility index (Phi) is 4.85. The number of allylic oxidation sites excluding steroid dienone is 4. The summed E-state index contributed by atoms with van der Waals surface area (Å²) in [5, 5.41) is 3.69. The summed E-state index contributed by atoms with van der Waals surface area (Å²) in [5.41, 5.74) is 12.3. The highest BCUT2D eigenvalue weighted by molar-refractivity contribution is 5.79. The van der Waals surface area contributed by atoms with E-state index in [0.29, 0.717) is 5.92 Å². The van der Waals surface area contributed by atoms with Gasteiger partial charge >= 0.3 is 0 Å². The number of aryl methyl sites for hydroxylation is 3. The highest BCUT2D eigenvalue weighted by Gasteiger charge is 2.21. The molecule has 2 aromatic carbocycles. The maximum absolute atomic E-state index is 3.69. The lowest BCUT2D eigenvalue weighted by Crippen LogP contribution is -2.07. The SMILES string of the molecule is CC1=CC(C)C(c2ccccc2CNc2c(C)cc(C)cc2C)=C1C. The highest BCUT2D eigenvalue weighted by atomic mass is 14.9. The zero-order chi connectivity index (χ0) is 18.1. The van der Waals surface area contributed by atoms with Gasteiger partial charge in [0, 0.05) is 18.2 Å². The minimum absolute atomic E-state index is 0.490. The van der Waals surface area contributed by atoms with Crippen molar-refractivity contribution >= 4 is 11.3 Å². The van der Waals surface area contributed by atoms with Gasteiger partial charge in [-0.25, -0.2) is 0 Å². The Labute approximate surface area is 152 Å². The molecule has 0 aromatic heterocycles. The summed E-state index contributed by atoms with van der Waals surface area (Å²) in [6.07, 6.45) is 2.38. The van der Waals surface area contributed by atoms with Gasteiger partial charge in [-0.1, -0.05) is 60.5 Å². The van der Waals surface area contributed by atoms with Crippen molar-refractivity contribution in [1.82, 2.24) is 0 Å². The minimum atomic E-state index is 0.490. The molecule has 0 fully saturated rings. The van der Waals surface area contributed by atoms with Crippen LogP contribution in [0.15, 0.2) is 53.6 Å². The van der Waals surface area contributed by atoms with Crippen LogP contribution in [-0.4, -0.2) is 0 Å². The van der Waals surface area contributed by atoms with Crippen LogP contribution in [0, 0.1) is 26.7 Å². The molecule has 0 heterocycles. The van der Waals surface area contributed by atoms with Gasteiger partial charge in [0.15, 0.2) is 0 Å². The van der Waals surface area contributed by atoms with Gasteiger partial charge in [-0.05, 0) is 68.0 Å². The third-order valence-corrected chi connectivity index (χ3v) is 5.39. The van der Waals surface area contributed by atoms with E-state index >= 15 is 0 Å². The molecule has 0 bridgehead atoms. The predicted molar refractivity (Wildman–Crippen MR) is 110 cm³/mol. The van der Waals surface area contributed by atoms with Crippen molar-refractivity contribution < 1.29 is 0 Å². The van der Waals surface area contributed by atoms with Crippen molar-refractivity contribution in [3.05, 3.63) is 81.4 Å². The second-order valence-electron chi connectivity index (χ2n) is 7.46. The van der Waals surface area contributed by atoms with Crippen molar-refractivity contribution in [1.29, 1.82) is 0 Å². The molecule has 0 spiro atoms. The molecule has 130 valence electrons. The molecule has 0 saturated carbocycles. The number of benzene rings is 2. The van der Waals surface area contributed by atoms with Gasteiger partial charge < -0.3 is 5.32 Å². The fraction of sp³-hybridized carbons (Fsp3) is 0.333. The first-order valence-corrected chi connectivity index (χ1v) is 9.18. The Balaban J connectivity index is 1.91. The molecule has 1 heteroatoms. The van der Waals surface area contributed by atoms with Gasteiger partial charge in [0.2, 0.25) is 0 Å². The number of nitrogens with one attached hydrogen (secondary N) is 1. The third-order valence-electron chi connectivity index (χ3n) is 5.39. The van der Waals surface area contributed by atoms with E-state index in [9.17, 15) is 0 Å². The van der Waals surface area contributed by atoms with Crippen LogP contribution in [0.2, 0.25) is 0 Å².